The van der Waals surface area contributed by atoms with E-state index in [2.05, 4.69) is 21.2 Å². The Hall–Kier alpha value is -1.01. The predicted molar refractivity (Wildman–Crippen MR) is 98.3 cm³/mol. The van der Waals surface area contributed by atoms with E-state index in [4.69, 9.17) is 11.6 Å². The number of hydrogen-bond acceptors (Lipinski definition) is 2. The lowest BCUT2D eigenvalue weighted by atomic mass is 10.1. The average molecular weight is 415 g/mol. The molecular formula is C17H17BrClNO2S. The number of amides is 1. The van der Waals surface area contributed by atoms with Gasteiger partial charge in [-0.05, 0) is 59.6 Å². The van der Waals surface area contributed by atoms with Gasteiger partial charge in [-0.3, -0.25) is 4.79 Å². The molecule has 23 heavy (non-hydrogen) atoms. The second kappa shape index (κ2) is 8.73. The van der Waals surface area contributed by atoms with E-state index in [1.807, 2.05) is 43.3 Å². The zero-order chi connectivity index (χ0) is 16.8. The molecule has 2 rings (SSSR count). The second-order valence-electron chi connectivity index (χ2n) is 5.11. The monoisotopic (exact) mass is 413 g/mol. The van der Waals surface area contributed by atoms with Crippen LogP contribution in [0.4, 0.5) is 0 Å². The minimum atomic E-state index is -1.11. The molecule has 0 radical (unpaired) electrons. The molecule has 1 atom stereocenters. The van der Waals surface area contributed by atoms with Crippen LogP contribution < -0.4 is 5.32 Å². The quantitative estimate of drug-likeness (QED) is 0.729. The summed E-state index contributed by atoms with van der Waals surface area (Å²) in [5.74, 6) is 0.312. The van der Waals surface area contributed by atoms with E-state index in [1.165, 1.54) is 0 Å². The number of hydrogen-bond donors (Lipinski definition) is 1. The van der Waals surface area contributed by atoms with Crippen molar-refractivity contribution in [2.45, 2.75) is 18.2 Å². The number of aryl methyl sites for hydroxylation is 1. The summed E-state index contributed by atoms with van der Waals surface area (Å²) in [5, 5.41) is 3.50. The Morgan fingerprint density at radius 3 is 2.61 bits per heavy atom. The first-order chi connectivity index (χ1) is 11.0. The summed E-state index contributed by atoms with van der Waals surface area (Å²) in [7, 11) is 0. The van der Waals surface area contributed by atoms with E-state index in [9.17, 15) is 9.35 Å². The number of rotatable bonds is 6. The average Bonchev–Trinajstić information content (AvgIpc) is 2.51. The Bertz CT molecular complexity index is 679. The van der Waals surface area contributed by atoms with Crippen LogP contribution in [0.5, 0.6) is 0 Å². The van der Waals surface area contributed by atoms with E-state index in [-0.39, 0.29) is 5.91 Å². The number of carbonyl (C=O) groups is 1. The smallest absolute Gasteiger partial charge is 0.224 e. The summed E-state index contributed by atoms with van der Waals surface area (Å²) in [6.45, 7) is 2.29. The third-order valence-electron chi connectivity index (χ3n) is 3.27. The maximum atomic E-state index is 12.1. The summed E-state index contributed by atoms with van der Waals surface area (Å²) >= 11 is 8.20. The lowest BCUT2D eigenvalue weighted by Gasteiger charge is -2.11. The normalized spacial score (nSPS) is 12.0. The van der Waals surface area contributed by atoms with E-state index in [0.29, 0.717) is 23.7 Å². The van der Waals surface area contributed by atoms with Crippen molar-refractivity contribution in [3.63, 3.8) is 0 Å². The van der Waals surface area contributed by atoms with E-state index in [1.54, 1.807) is 6.07 Å². The van der Waals surface area contributed by atoms with E-state index in [0.717, 1.165) is 20.5 Å². The van der Waals surface area contributed by atoms with Crippen molar-refractivity contribution in [3.8, 4) is 0 Å². The zero-order valence-electron chi connectivity index (χ0n) is 12.6. The van der Waals surface area contributed by atoms with Crippen LogP contribution in [0.2, 0.25) is 5.02 Å². The third-order valence-corrected chi connectivity index (χ3v) is 5.60. The van der Waals surface area contributed by atoms with Crippen LogP contribution in [-0.4, -0.2) is 22.8 Å². The van der Waals surface area contributed by atoms with Crippen LogP contribution in [0.3, 0.4) is 0 Å². The standard InChI is InChI=1S/C17H17BrClNO2S/c1-12-10-13(2-7-16(12)19)11-17(21)20-8-9-23(22)15-5-3-14(18)4-6-15/h2-7,10H,8-9,11H2,1H3,(H,20,21). The molecule has 122 valence electrons. The number of nitrogens with one attached hydrogen (secondary N) is 1. The fourth-order valence-electron chi connectivity index (χ4n) is 2.05. The molecule has 0 aliphatic rings. The van der Waals surface area contributed by atoms with Gasteiger partial charge < -0.3 is 9.87 Å². The Morgan fingerprint density at radius 1 is 1.26 bits per heavy atom. The lowest BCUT2D eigenvalue weighted by Crippen LogP contribution is -2.30. The maximum Gasteiger partial charge on any atom is 0.224 e. The third kappa shape index (κ3) is 5.84. The summed E-state index contributed by atoms with van der Waals surface area (Å²) < 4.78 is 13.1. The molecule has 6 heteroatoms. The molecule has 1 unspecified atom stereocenters. The van der Waals surface area contributed by atoms with Crippen LogP contribution in [0, 0.1) is 6.92 Å². The fourth-order valence-corrected chi connectivity index (χ4v) is 3.40. The molecule has 2 aromatic rings. The van der Waals surface area contributed by atoms with Crippen LogP contribution in [-0.2, 0) is 22.4 Å². The van der Waals surface area contributed by atoms with Gasteiger partial charge in [0.15, 0.2) is 4.90 Å². The Kier molecular flexibility index (Phi) is 6.96. The Morgan fingerprint density at radius 2 is 1.96 bits per heavy atom. The van der Waals surface area contributed by atoms with Crippen molar-refractivity contribution in [2.75, 3.05) is 12.3 Å². The molecule has 0 fully saturated rings. The highest BCUT2D eigenvalue weighted by Crippen LogP contribution is 2.17. The van der Waals surface area contributed by atoms with Gasteiger partial charge in [0.2, 0.25) is 5.91 Å². The molecule has 0 bridgehead atoms. The van der Waals surface area contributed by atoms with Gasteiger partial charge in [0.05, 0.1) is 13.0 Å². The molecule has 1 amide bonds. The summed E-state index contributed by atoms with van der Waals surface area (Å²) in [5.41, 5.74) is 1.87. The summed E-state index contributed by atoms with van der Waals surface area (Å²) in [4.78, 5) is 12.7. The molecule has 0 heterocycles. The van der Waals surface area contributed by atoms with Gasteiger partial charge in [-0.25, -0.2) is 0 Å². The van der Waals surface area contributed by atoms with Crippen molar-refractivity contribution >= 4 is 44.6 Å². The van der Waals surface area contributed by atoms with Crippen molar-refractivity contribution in [2.24, 2.45) is 0 Å². The SMILES string of the molecule is Cc1cc(CC(=O)NCC[S+]([O-])c2ccc(Br)cc2)ccc1Cl. The molecule has 3 nitrogen and oxygen atoms in total. The van der Waals surface area contributed by atoms with Gasteiger partial charge in [0.25, 0.3) is 0 Å². The number of carbonyl (C=O) groups excluding carboxylic acids is 1. The summed E-state index contributed by atoms with van der Waals surface area (Å²) in [6, 6.07) is 12.9. The Balaban J connectivity index is 1.78. The highest BCUT2D eigenvalue weighted by molar-refractivity contribution is 9.10. The first kappa shape index (κ1) is 18.3. The number of halogens is 2. The van der Waals surface area contributed by atoms with Crippen LogP contribution in [0.15, 0.2) is 51.8 Å². The highest BCUT2D eigenvalue weighted by atomic mass is 79.9. The lowest BCUT2D eigenvalue weighted by molar-refractivity contribution is -0.120. The largest absolute Gasteiger partial charge is 0.611 e. The fraction of sp³-hybridized carbons (Fsp3) is 0.235. The highest BCUT2D eigenvalue weighted by Gasteiger charge is 2.11. The Labute approximate surface area is 152 Å². The van der Waals surface area contributed by atoms with Gasteiger partial charge in [-0.15, -0.1) is 0 Å². The van der Waals surface area contributed by atoms with Gasteiger partial charge >= 0.3 is 0 Å². The van der Waals surface area contributed by atoms with Crippen LogP contribution >= 0.6 is 27.5 Å². The maximum absolute atomic E-state index is 12.1. The topological polar surface area (TPSA) is 52.2 Å². The minimum Gasteiger partial charge on any atom is -0.611 e. The van der Waals surface area contributed by atoms with Crippen LogP contribution in [0.25, 0.3) is 0 Å². The summed E-state index contributed by atoms with van der Waals surface area (Å²) in [6.07, 6.45) is 0.295. The predicted octanol–water partition coefficient (Wildman–Crippen LogP) is 3.88. The number of benzene rings is 2. The van der Waals surface area contributed by atoms with Gasteiger partial charge in [-0.2, -0.15) is 0 Å². The molecule has 0 saturated heterocycles. The molecule has 0 aliphatic heterocycles. The molecule has 1 N–H and O–H groups in total. The van der Waals surface area contributed by atoms with Crippen molar-refractivity contribution in [3.05, 3.63) is 63.1 Å². The first-order valence-electron chi connectivity index (χ1n) is 7.11. The molecule has 0 spiro atoms. The molecule has 2 aromatic carbocycles. The van der Waals surface area contributed by atoms with E-state index < -0.39 is 11.2 Å². The van der Waals surface area contributed by atoms with E-state index >= 15 is 0 Å². The van der Waals surface area contributed by atoms with Gasteiger partial charge in [0, 0.05) is 9.50 Å². The molecular weight excluding hydrogens is 398 g/mol. The van der Waals surface area contributed by atoms with Crippen molar-refractivity contribution in [1.29, 1.82) is 0 Å². The molecule has 0 saturated carbocycles. The minimum absolute atomic E-state index is 0.0838. The van der Waals surface area contributed by atoms with Crippen LogP contribution in [0.1, 0.15) is 11.1 Å². The second-order valence-corrected chi connectivity index (χ2v) is 8.01. The van der Waals surface area contributed by atoms with Gasteiger partial charge in [-0.1, -0.05) is 39.7 Å². The zero-order valence-corrected chi connectivity index (χ0v) is 15.8. The first-order valence-corrected chi connectivity index (χ1v) is 9.60. The van der Waals surface area contributed by atoms with Gasteiger partial charge in [0.1, 0.15) is 5.75 Å². The molecule has 0 aliphatic carbocycles. The van der Waals surface area contributed by atoms with Crippen molar-refractivity contribution in [1.82, 2.24) is 5.32 Å². The molecule has 0 aromatic heterocycles. The van der Waals surface area contributed by atoms with Crippen molar-refractivity contribution < 1.29 is 9.35 Å².